The highest BCUT2D eigenvalue weighted by Crippen LogP contribution is 2.37. The van der Waals surface area contributed by atoms with Gasteiger partial charge in [-0.2, -0.15) is 22.0 Å². The maximum atomic E-state index is 13.5. The van der Waals surface area contributed by atoms with Gasteiger partial charge in [0.1, 0.15) is 0 Å². The Hall–Kier alpha value is -4.13. The molecule has 3 aromatic rings. The first kappa shape index (κ1) is 32.8. The van der Waals surface area contributed by atoms with Gasteiger partial charge in [0.15, 0.2) is 0 Å². The Labute approximate surface area is 254 Å². The quantitative estimate of drug-likeness (QED) is 0.155. The molecule has 0 aliphatic heterocycles. The van der Waals surface area contributed by atoms with Gasteiger partial charge in [-0.1, -0.05) is 43.5 Å². The highest BCUT2D eigenvalue weighted by Gasteiger charge is 2.39. The summed E-state index contributed by atoms with van der Waals surface area (Å²) >= 11 is -0.260. The number of carbonyl (C=O) groups excluding carboxylic acids is 2. The zero-order chi connectivity index (χ0) is 31.9. The number of alkyl halides is 5. The summed E-state index contributed by atoms with van der Waals surface area (Å²) in [5.74, 6) is -6.91. The molecule has 1 saturated carbocycles. The molecule has 1 fully saturated rings. The van der Waals surface area contributed by atoms with Crippen molar-refractivity contribution in [2.24, 2.45) is 0 Å². The van der Waals surface area contributed by atoms with E-state index >= 15 is 0 Å². The largest absolute Gasteiger partial charge is 0.477 e. The molecule has 1 aliphatic rings. The van der Waals surface area contributed by atoms with E-state index in [0.717, 1.165) is 25.7 Å². The first-order valence-electron chi connectivity index (χ1n) is 13.8. The highest BCUT2D eigenvalue weighted by molar-refractivity contribution is 8.00. The van der Waals surface area contributed by atoms with Crippen LogP contribution in [0.1, 0.15) is 59.5 Å². The van der Waals surface area contributed by atoms with Crippen molar-refractivity contribution >= 4 is 41.0 Å². The van der Waals surface area contributed by atoms with Crippen molar-refractivity contribution in [2.75, 3.05) is 16.8 Å². The highest BCUT2D eigenvalue weighted by atomic mass is 32.2. The molecule has 0 bridgehead atoms. The summed E-state index contributed by atoms with van der Waals surface area (Å²) in [5, 5.41) is 13.1. The number of benzene rings is 3. The van der Waals surface area contributed by atoms with Crippen LogP contribution in [0, 0.1) is 0 Å². The molecule has 44 heavy (non-hydrogen) atoms. The number of nitrogens with one attached hydrogen (secondary N) is 2. The van der Waals surface area contributed by atoms with E-state index in [1.165, 1.54) is 65.4 Å². The zero-order valence-corrected chi connectivity index (χ0v) is 24.2. The number of carbonyl (C=O) groups is 3. The third-order valence-corrected chi connectivity index (χ3v) is 7.95. The first-order chi connectivity index (χ1) is 20.8. The lowest BCUT2D eigenvalue weighted by Gasteiger charge is -2.26. The Morgan fingerprint density at radius 1 is 0.841 bits per heavy atom. The van der Waals surface area contributed by atoms with Crippen LogP contribution in [0.15, 0.2) is 77.7 Å². The van der Waals surface area contributed by atoms with Gasteiger partial charge < -0.3 is 15.7 Å². The standard InChI is InChI=1S/C31H30F5N3O4S/c32-30(33,28(41)42)19-37-27(40)23-8-6-20(7-9-23)18-39(25-14-10-22(11-15-25)21-4-2-1-3-5-21)29(43)38-24-12-16-26(17-13-24)44-31(34,35)36/h6-17,21H,1-5,18-19H2,(H,37,40)(H,38,43)(H,41,42). The average molecular weight is 636 g/mol. The normalized spacial score (nSPS) is 14.1. The summed E-state index contributed by atoms with van der Waals surface area (Å²) in [6.07, 6.45) is 5.74. The maximum absolute atomic E-state index is 13.5. The first-order valence-corrected chi connectivity index (χ1v) is 14.6. The van der Waals surface area contributed by atoms with Crippen molar-refractivity contribution in [3.05, 3.63) is 89.5 Å². The monoisotopic (exact) mass is 635 g/mol. The summed E-state index contributed by atoms with van der Waals surface area (Å²) in [7, 11) is 0. The van der Waals surface area contributed by atoms with E-state index < -0.39 is 35.9 Å². The van der Waals surface area contributed by atoms with Crippen molar-refractivity contribution in [3.63, 3.8) is 0 Å². The van der Waals surface area contributed by atoms with E-state index in [2.05, 4.69) is 5.32 Å². The molecule has 4 rings (SSSR count). The summed E-state index contributed by atoms with van der Waals surface area (Å²) < 4.78 is 64.8. The van der Waals surface area contributed by atoms with Gasteiger partial charge in [-0.3, -0.25) is 9.69 Å². The molecule has 0 atom stereocenters. The fraction of sp³-hybridized carbons (Fsp3) is 0.323. The molecule has 0 heterocycles. The molecule has 7 nitrogen and oxygen atoms in total. The van der Waals surface area contributed by atoms with Gasteiger partial charge in [-0.25, -0.2) is 9.59 Å². The number of carboxylic acids is 1. The minimum atomic E-state index is -4.44. The zero-order valence-electron chi connectivity index (χ0n) is 23.4. The fourth-order valence-electron chi connectivity index (χ4n) is 4.89. The number of hydrogen-bond acceptors (Lipinski definition) is 4. The number of amides is 3. The Morgan fingerprint density at radius 2 is 1.45 bits per heavy atom. The predicted octanol–water partition coefficient (Wildman–Crippen LogP) is 8.03. The minimum Gasteiger partial charge on any atom is -0.477 e. The van der Waals surface area contributed by atoms with Gasteiger partial charge >= 0.3 is 23.4 Å². The second-order valence-electron chi connectivity index (χ2n) is 10.4. The number of aliphatic carboxylic acids is 1. The number of nitrogens with zero attached hydrogens (tertiary/aromatic N) is 1. The molecule has 3 N–H and O–H groups in total. The number of thioether (sulfide) groups is 1. The SMILES string of the molecule is O=C(NCC(F)(F)C(=O)O)c1ccc(CN(C(=O)Nc2ccc(SC(F)(F)F)cc2)c2ccc(C3CCCCC3)cc2)cc1. The van der Waals surface area contributed by atoms with E-state index in [1.54, 1.807) is 0 Å². The number of urea groups is 1. The van der Waals surface area contributed by atoms with Crippen LogP contribution in [-0.4, -0.2) is 41.0 Å². The second kappa shape index (κ2) is 14.1. The van der Waals surface area contributed by atoms with Crippen molar-refractivity contribution < 1.29 is 41.4 Å². The number of anilines is 2. The van der Waals surface area contributed by atoms with Gasteiger partial charge in [0, 0.05) is 21.8 Å². The molecule has 0 radical (unpaired) electrons. The fourth-order valence-corrected chi connectivity index (χ4v) is 5.43. The van der Waals surface area contributed by atoms with Crippen LogP contribution in [0.25, 0.3) is 0 Å². The van der Waals surface area contributed by atoms with E-state index in [4.69, 9.17) is 5.11 Å². The van der Waals surface area contributed by atoms with Crippen LogP contribution < -0.4 is 15.5 Å². The molecular formula is C31H30F5N3O4S. The Morgan fingerprint density at radius 3 is 2.02 bits per heavy atom. The molecule has 0 spiro atoms. The van der Waals surface area contributed by atoms with Crippen LogP contribution in [0.4, 0.5) is 38.1 Å². The lowest BCUT2D eigenvalue weighted by Crippen LogP contribution is -2.42. The van der Waals surface area contributed by atoms with E-state index in [9.17, 15) is 36.3 Å². The summed E-state index contributed by atoms with van der Waals surface area (Å²) in [6.45, 7) is -1.33. The summed E-state index contributed by atoms with van der Waals surface area (Å²) in [5.41, 5.74) is -1.82. The number of carboxylic acid groups (broad SMARTS) is 1. The molecule has 3 amide bonds. The lowest BCUT2D eigenvalue weighted by atomic mass is 9.84. The molecule has 234 valence electrons. The lowest BCUT2D eigenvalue weighted by molar-refractivity contribution is -0.163. The van der Waals surface area contributed by atoms with E-state index in [-0.39, 0.29) is 34.5 Å². The van der Waals surface area contributed by atoms with E-state index in [1.807, 2.05) is 29.6 Å². The van der Waals surface area contributed by atoms with Crippen LogP contribution >= 0.6 is 11.8 Å². The molecule has 1 aliphatic carbocycles. The topological polar surface area (TPSA) is 98.7 Å². The van der Waals surface area contributed by atoms with Gasteiger partial charge in [0.2, 0.25) is 0 Å². The van der Waals surface area contributed by atoms with E-state index in [0.29, 0.717) is 17.2 Å². The Balaban J connectivity index is 1.51. The number of hydrogen-bond donors (Lipinski definition) is 3. The minimum absolute atomic E-state index is 0.0135. The van der Waals surface area contributed by atoms with Gasteiger partial charge in [-0.15, -0.1) is 0 Å². The van der Waals surface area contributed by atoms with Crippen molar-refractivity contribution in [3.8, 4) is 0 Å². The molecule has 0 saturated heterocycles. The second-order valence-corrected chi connectivity index (χ2v) is 11.5. The molecule has 3 aromatic carbocycles. The number of halogens is 5. The third kappa shape index (κ3) is 9.18. The molecular weight excluding hydrogens is 605 g/mol. The van der Waals surface area contributed by atoms with Crippen molar-refractivity contribution in [1.29, 1.82) is 0 Å². The van der Waals surface area contributed by atoms with Crippen LogP contribution in [-0.2, 0) is 11.3 Å². The molecule has 0 aromatic heterocycles. The summed E-state index contributed by atoms with van der Waals surface area (Å²) in [4.78, 5) is 37.7. The van der Waals surface area contributed by atoms with Gasteiger partial charge in [0.25, 0.3) is 5.91 Å². The predicted molar refractivity (Wildman–Crippen MR) is 157 cm³/mol. The van der Waals surface area contributed by atoms with Crippen molar-refractivity contribution in [1.82, 2.24) is 5.32 Å². The number of rotatable bonds is 10. The molecule has 0 unspecified atom stereocenters. The smallest absolute Gasteiger partial charge is 0.446 e. The summed E-state index contributed by atoms with van der Waals surface area (Å²) in [6, 6.07) is 18.1. The Kier molecular flexibility index (Phi) is 10.5. The average Bonchev–Trinajstić information content (AvgIpc) is 2.99. The van der Waals surface area contributed by atoms with Crippen LogP contribution in [0.5, 0.6) is 0 Å². The Bertz CT molecular complexity index is 1440. The van der Waals surface area contributed by atoms with Crippen LogP contribution in [0.2, 0.25) is 0 Å². The van der Waals surface area contributed by atoms with Crippen molar-refractivity contribution in [2.45, 2.75) is 60.9 Å². The van der Waals surface area contributed by atoms with Gasteiger partial charge in [-0.05, 0) is 90.2 Å². The van der Waals surface area contributed by atoms with Crippen LogP contribution in [0.3, 0.4) is 0 Å². The van der Waals surface area contributed by atoms with Gasteiger partial charge in [0.05, 0.1) is 13.1 Å². The third-order valence-electron chi connectivity index (χ3n) is 7.21. The maximum Gasteiger partial charge on any atom is 0.446 e. The molecule has 13 heteroatoms.